The Kier molecular flexibility index (Phi) is 3.54. The summed E-state index contributed by atoms with van der Waals surface area (Å²) in [5.41, 5.74) is 7.60. The van der Waals surface area contributed by atoms with Gasteiger partial charge in [0, 0.05) is 5.38 Å². The van der Waals surface area contributed by atoms with Crippen molar-refractivity contribution in [2.75, 3.05) is 5.43 Å². The molecule has 0 fully saturated rings. The maximum atomic E-state index is 4.27. The van der Waals surface area contributed by atoms with Crippen molar-refractivity contribution in [1.29, 1.82) is 0 Å². The smallest absolute Gasteiger partial charge is 0.203 e. The van der Waals surface area contributed by atoms with Gasteiger partial charge in [0.2, 0.25) is 5.13 Å². The number of aromatic nitrogens is 1. The van der Waals surface area contributed by atoms with Gasteiger partial charge >= 0.3 is 0 Å². The van der Waals surface area contributed by atoms with E-state index in [2.05, 4.69) is 47.6 Å². The van der Waals surface area contributed by atoms with E-state index in [1.807, 2.05) is 18.5 Å². The number of nitrogens with one attached hydrogen (secondary N) is 1. The molecule has 0 spiro atoms. The molecule has 88 valence electrons. The SMILES string of the molecule is Cc1csc(NN=Cc2ccc(C)c(C)c2)n1. The van der Waals surface area contributed by atoms with E-state index in [1.54, 1.807) is 11.3 Å². The van der Waals surface area contributed by atoms with Gasteiger partial charge in [0.25, 0.3) is 0 Å². The maximum absolute atomic E-state index is 4.27. The van der Waals surface area contributed by atoms with Crippen molar-refractivity contribution >= 4 is 22.7 Å². The molecule has 0 atom stereocenters. The standard InChI is InChI=1S/C13H15N3S/c1-9-4-5-12(6-10(9)2)7-14-16-13-15-11(3)8-17-13/h4-8H,1-3H3,(H,15,16). The lowest BCUT2D eigenvalue weighted by Crippen LogP contribution is -1.91. The number of rotatable bonds is 3. The quantitative estimate of drug-likeness (QED) is 0.663. The van der Waals surface area contributed by atoms with Crippen LogP contribution in [-0.2, 0) is 0 Å². The molecule has 2 aromatic rings. The molecule has 17 heavy (non-hydrogen) atoms. The number of anilines is 1. The van der Waals surface area contributed by atoms with Gasteiger partial charge in [-0.1, -0.05) is 18.2 Å². The fraction of sp³-hybridized carbons (Fsp3) is 0.231. The maximum Gasteiger partial charge on any atom is 0.203 e. The normalized spacial score (nSPS) is 11.0. The van der Waals surface area contributed by atoms with Crippen LogP contribution in [0, 0.1) is 20.8 Å². The minimum Gasteiger partial charge on any atom is -0.253 e. The van der Waals surface area contributed by atoms with Crippen molar-refractivity contribution in [3.63, 3.8) is 0 Å². The zero-order chi connectivity index (χ0) is 12.3. The van der Waals surface area contributed by atoms with Crippen molar-refractivity contribution in [1.82, 2.24) is 4.98 Å². The van der Waals surface area contributed by atoms with Gasteiger partial charge in [-0.2, -0.15) is 5.10 Å². The van der Waals surface area contributed by atoms with Crippen LogP contribution in [0.5, 0.6) is 0 Å². The topological polar surface area (TPSA) is 37.3 Å². The molecule has 4 heteroatoms. The van der Waals surface area contributed by atoms with Gasteiger partial charge in [0.05, 0.1) is 11.9 Å². The fourth-order valence-corrected chi connectivity index (χ4v) is 2.05. The van der Waals surface area contributed by atoms with Gasteiger partial charge in [-0.25, -0.2) is 4.98 Å². The predicted octanol–water partition coefficient (Wildman–Crippen LogP) is 3.51. The zero-order valence-electron chi connectivity index (χ0n) is 10.2. The Bertz CT molecular complexity index is 543. The van der Waals surface area contributed by atoms with Crippen LogP contribution in [0.2, 0.25) is 0 Å². The Morgan fingerprint density at radius 1 is 1.24 bits per heavy atom. The van der Waals surface area contributed by atoms with Crippen LogP contribution >= 0.6 is 11.3 Å². The molecule has 1 N–H and O–H groups in total. The van der Waals surface area contributed by atoms with Crippen molar-refractivity contribution in [2.45, 2.75) is 20.8 Å². The molecule has 1 aromatic carbocycles. The Balaban J connectivity index is 2.03. The molecule has 0 aliphatic heterocycles. The summed E-state index contributed by atoms with van der Waals surface area (Å²) in [5, 5.41) is 6.98. The summed E-state index contributed by atoms with van der Waals surface area (Å²) in [6.45, 7) is 6.17. The van der Waals surface area contributed by atoms with Crippen LogP contribution in [0.3, 0.4) is 0 Å². The number of nitrogens with zero attached hydrogens (tertiary/aromatic N) is 2. The summed E-state index contributed by atoms with van der Waals surface area (Å²) >= 11 is 1.55. The summed E-state index contributed by atoms with van der Waals surface area (Å²) in [5.74, 6) is 0. The number of thiazole rings is 1. The van der Waals surface area contributed by atoms with Crippen LogP contribution < -0.4 is 5.43 Å². The first-order chi connectivity index (χ1) is 8.15. The van der Waals surface area contributed by atoms with Gasteiger partial charge in [-0.3, -0.25) is 5.43 Å². The highest BCUT2D eigenvalue weighted by Crippen LogP contribution is 2.14. The van der Waals surface area contributed by atoms with E-state index >= 15 is 0 Å². The van der Waals surface area contributed by atoms with Gasteiger partial charge in [-0.15, -0.1) is 11.3 Å². The molecule has 1 heterocycles. The van der Waals surface area contributed by atoms with Crippen molar-refractivity contribution in [2.24, 2.45) is 5.10 Å². The summed E-state index contributed by atoms with van der Waals surface area (Å²) in [6, 6.07) is 6.28. The monoisotopic (exact) mass is 245 g/mol. The van der Waals surface area contributed by atoms with Gasteiger partial charge < -0.3 is 0 Å². The molecule has 2 rings (SSSR count). The minimum absolute atomic E-state index is 0.822. The van der Waals surface area contributed by atoms with Crippen LogP contribution in [0.4, 0.5) is 5.13 Å². The Morgan fingerprint density at radius 3 is 2.71 bits per heavy atom. The molecule has 1 aromatic heterocycles. The Hall–Kier alpha value is -1.68. The third kappa shape index (κ3) is 3.14. The average molecular weight is 245 g/mol. The lowest BCUT2D eigenvalue weighted by molar-refractivity contribution is 1.22. The number of hydrogen-bond acceptors (Lipinski definition) is 4. The van der Waals surface area contributed by atoms with E-state index in [0.29, 0.717) is 0 Å². The predicted molar refractivity (Wildman–Crippen MR) is 74.0 cm³/mol. The second-order valence-electron chi connectivity index (χ2n) is 4.01. The van der Waals surface area contributed by atoms with Gasteiger partial charge in [0.1, 0.15) is 0 Å². The van der Waals surface area contributed by atoms with E-state index in [1.165, 1.54) is 11.1 Å². The molecule has 0 bridgehead atoms. The van der Waals surface area contributed by atoms with Gasteiger partial charge in [-0.05, 0) is 37.5 Å². The van der Waals surface area contributed by atoms with E-state index in [4.69, 9.17) is 0 Å². The van der Waals surface area contributed by atoms with Crippen LogP contribution in [-0.4, -0.2) is 11.2 Å². The fourth-order valence-electron chi connectivity index (χ4n) is 1.41. The molecule has 0 aliphatic carbocycles. The number of benzene rings is 1. The molecule has 0 saturated heterocycles. The van der Waals surface area contributed by atoms with E-state index in [9.17, 15) is 0 Å². The Morgan fingerprint density at radius 2 is 2.06 bits per heavy atom. The molecule has 0 aliphatic rings. The first kappa shape index (κ1) is 11.8. The largest absolute Gasteiger partial charge is 0.253 e. The minimum atomic E-state index is 0.822. The first-order valence-electron chi connectivity index (χ1n) is 5.43. The lowest BCUT2D eigenvalue weighted by Gasteiger charge is -2.00. The molecule has 0 saturated carbocycles. The summed E-state index contributed by atoms with van der Waals surface area (Å²) < 4.78 is 0. The highest BCUT2D eigenvalue weighted by atomic mass is 32.1. The highest BCUT2D eigenvalue weighted by molar-refractivity contribution is 7.13. The molecule has 0 unspecified atom stereocenters. The zero-order valence-corrected chi connectivity index (χ0v) is 11.0. The van der Waals surface area contributed by atoms with Crippen molar-refractivity contribution in [3.05, 3.63) is 46.0 Å². The average Bonchev–Trinajstić information content (AvgIpc) is 2.70. The third-order valence-corrected chi connectivity index (χ3v) is 3.39. The summed E-state index contributed by atoms with van der Waals surface area (Å²) in [6.07, 6.45) is 1.81. The lowest BCUT2D eigenvalue weighted by atomic mass is 10.1. The molecule has 0 amide bonds. The van der Waals surface area contributed by atoms with Crippen LogP contribution in [0.15, 0.2) is 28.7 Å². The van der Waals surface area contributed by atoms with Crippen molar-refractivity contribution < 1.29 is 0 Å². The van der Waals surface area contributed by atoms with Crippen molar-refractivity contribution in [3.8, 4) is 0 Å². The number of aryl methyl sites for hydroxylation is 3. The number of hydrazone groups is 1. The van der Waals surface area contributed by atoms with E-state index in [-0.39, 0.29) is 0 Å². The third-order valence-electron chi connectivity index (χ3n) is 2.52. The molecule has 3 nitrogen and oxygen atoms in total. The molecular weight excluding hydrogens is 230 g/mol. The van der Waals surface area contributed by atoms with Crippen LogP contribution in [0.25, 0.3) is 0 Å². The highest BCUT2D eigenvalue weighted by Gasteiger charge is 1.95. The second-order valence-corrected chi connectivity index (χ2v) is 4.87. The van der Waals surface area contributed by atoms with E-state index < -0.39 is 0 Å². The summed E-state index contributed by atoms with van der Waals surface area (Å²) in [4.78, 5) is 4.27. The molecular formula is C13H15N3S. The first-order valence-corrected chi connectivity index (χ1v) is 6.31. The van der Waals surface area contributed by atoms with Gasteiger partial charge in [0.15, 0.2) is 0 Å². The van der Waals surface area contributed by atoms with E-state index in [0.717, 1.165) is 16.4 Å². The number of hydrogen-bond donors (Lipinski definition) is 1. The summed E-state index contributed by atoms with van der Waals surface area (Å²) in [7, 11) is 0. The Labute approximate surface area is 105 Å². The van der Waals surface area contributed by atoms with Crippen LogP contribution in [0.1, 0.15) is 22.4 Å². The second kappa shape index (κ2) is 5.10. The molecule has 0 radical (unpaired) electrons.